The van der Waals surface area contributed by atoms with Crippen molar-refractivity contribution < 1.29 is 19.1 Å². The van der Waals surface area contributed by atoms with Gasteiger partial charge in [0.2, 0.25) is 0 Å². The van der Waals surface area contributed by atoms with Crippen LogP contribution in [0.1, 0.15) is 23.4 Å². The summed E-state index contributed by atoms with van der Waals surface area (Å²) in [5, 5.41) is 9.80. The lowest BCUT2D eigenvalue weighted by Crippen LogP contribution is -2.03. The molecule has 1 saturated carbocycles. The van der Waals surface area contributed by atoms with Crippen LogP contribution >= 0.6 is 0 Å². The number of benzene rings is 1. The Morgan fingerprint density at radius 2 is 2.18 bits per heavy atom. The van der Waals surface area contributed by atoms with Gasteiger partial charge in [0.1, 0.15) is 5.58 Å². The zero-order valence-corrected chi connectivity index (χ0v) is 9.18. The Kier molecular flexibility index (Phi) is 2.28. The zero-order valence-electron chi connectivity index (χ0n) is 9.18. The summed E-state index contributed by atoms with van der Waals surface area (Å²) < 4.78 is 10.9. The van der Waals surface area contributed by atoms with Crippen LogP contribution in [0.2, 0.25) is 0 Å². The first-order valence-electron chi connectivity index (χ1n) is 5.63. The van der Waals surface area contributed by atoms with Crippen molar-refractivity contribution in [3.05, 3.63) is 30.0 Å². The van der Waals surface area contributed by atoms with Crippen LogP contribution in [-0.4, -0.2) is 17.7 Å². The summed E-state index contributed by atoms with van der Waals surface area (Å²) >= 11 is 0. The van der Waals surface area contributed by atoms with E-state index in [1.807, 2.05) is 18.2 Å². The summed E-state index contributed by atoms with van der Waals surface area (Å²) in [6.07, 6.45) is 2.33. The molecule has 3 rings (SSSR count). The van der Waals surface area contributed by atoms with Gasteiger partial charge in [0.25, 0.3) is 5.76 Å². The molecule has 2 aromatic rings. The maximum Gasteiger partial charge on any atom is 0.375 e. The molecule has 1 aromatic heterocycles. The van der Waals surface area contributed by atoms with Crippen molar-refractivity contribution in [3.63, 3.8) is 0 Å². The third-order valence-corrected chi connectivity index (χ3v) is 2.90. The number of furan rings is 1. The van der Waals surface area contributed by atoms with Gasteiger partial charge in [0.05, 0.1) is 12.0 Å². The summed E-state index contributed by atoms with van der Waals surface area (Å²) in [4.78, 5) is 11.1. The molecule has 0 bridgehead atoms. The standard InChI is InChI=1S/C13H12O4/c14-13(15)12-11(16-7-8-5-6-8)9-3-1-2-4-10(9)17-12/h1-4,8H,5-7H2,(H,14,15). The Bertz CT molecular complexity index is 566. The van der Waals surface area contributed by atoms with Gasteiger partial charge >= 0.3 is 5.97 Å². The maximum atomic E-state index is 11.1. The summed E-state index contributed by atoms with van der Waals surface area (Å²) in [5.41, 5.74) is 0.552. The molecule has 0 radical (unpaired) electrons. The van der Waals surface area contributed by atoms with E-state index < -0.39 is 5.97 Å². The summed E-state index contributed by atoms with van der Waals surface area (Å²) in [5.74, 6) is -0.260. The predicted octanol–water partition coefficient (Wildman–Crippen LogP) is 2.92. The highest BCUT2D eigenvalue weighted by Gasteiger charge is 2.26. The second-order valence-corrected chi connectivity index (χ2v) is 4.32. The molecule has 1 fully saturated rings. The van der Waals surface area contributed by atoms with Gasteiger partial charge in [-0.15, -0.1) is 0 Å². The Morgan fingerprint density at radius 3 is 2.88 bits per heavy atom. The SMILES string of the molecule is O=C(O)c1oc2ccccc2c1OCC1CC1. The molecular weight excluding hydrogens is 220 g/mol. The zero-order chi connectivity index (χ0) is 11.8. The number of fused-ring (bicyclic) bond motifs is 1. The molecule has 4 nitrogen and oxygen atoms in total. The summed E-state index contributed by atoms with van der Waals surface area (Å²) in [6, 6.07) is 7.20. The predicted molar refractivity (Wildman–Crippen MR) is 61.4 cm³/mol. The highest BCUT2D eigenvalue weighted by Crippen LogP contribution is 2.35. The van der Waals surface area contributed by atoms with Crippen LogP contribution in [0.15, 0.2) is 28.7 Å². The quantitative estimate of drug-likeness (QED) is 0.880. The molecule has 1 aromatic carbocycles. The lowest BCUT2D eigenvalue weighted by Gasteiger charge is -2.03. The van der Waals surface area contributed by atoms with Crippen LogP contribution in [0.5, 0.6) is 5.75 Å². The summed E-state index contributed by atoms with van der Waals surface area (Å²) in [7, 11) is 0. The minimum atomic E-state index is -1.09. The molecular formula is C13H12O4. The normalized spacial score (nSPS) is 15.1. The van der Waals surface area contributed by atoms with E-state index in [-0.39, 0.29) is 5.76 Å². The minimum absolute atomic E-state index is 0.105. The number of carbonyl (C=O) groups is 1. The molecule has 1 heterocycles. The first-order valence-corrected chi connectivity index (χ1v) is 5.63. The van der Waals surface area contributed by atoms with E-state index >= 15 is 0 Å². The van der Waals surface area contributed by atoms with E-state index in [0.717, 1.165) is 18.2 Å². The molecule has 1 aliphatic rings. The number of rotatable bonds is 4. The van der Waals surface area contributed by atoms with Gasteiger partial charge in [-0.25, -0.2) is 4.79 Å². The molecule has 4 heteroatoms. The van der Waals surface area contributed by atoms with Gasteiger partial charge in [0, 0.05) is 0 Å². The van der Waals surface area contributed by atoms with Gasteiger partial charge in [-0.1, -0.05) is 12.1 Å². The average Bonchev–Trinajstić information content (AvgIpc) is 3.07. The van der Waals surface area contributed by atoms with Crippen LogP contribution in [0.25, 0.3) is 11.0 Å². The highest BCUT2D eigenvalue weighted by atomic mass is 16.5. The van der Waals surface area contributed by atoms with Gasteiger partial charge in [-0.3, -0.25) is 0 Å². The van der Waals surface area contributed by atoms with Crippen molar-refractivity contribution in [1.82, 2.24) is 0 Å². The monoisotopic (exact) mass is 232 g/mol. The van der Waals surface area contributed by atoms with E-state index in [1.165, 1.54) is 0 Å². The Labute approximate surface area is 97.8 Å². The van der Waals surface area contributed by atoms with Crippen molar-refractivity contribution in [1.29, 1.82) is 0 Å². The van der Waals surface area contributed by atoms with E-state index in [2.05, 4.69) is 0 Å². The molecule has 0 amide bonds. The van der Waals surface area contributed by atoms with E-state index in [0.29, 0.717) is 23.9 Å². The Hall–Kier alpha value is -1.97. The van der Waals surface area contributed by atoms with Gasteiger partial charge in [-0.2, -0.15) is 0 Å². The molecule has 17 heavy (non-hydrogen) atoms. The molecule has 0 saturated heterocycles. The lowest BCUT2D eigenvalue weighted by atomic mass is 10.2. The van der Waals surface area contributed by atoms with E-state index in [1.54, 1.807) is 6.07 Å². The third-order valence-electron chi connectivity index (χ3n) is 2.90. The first kappa shape index (κ1) is 10.2. The number of carboxylic acid groups (broad SMARTS) is 1. The highest BCUT2D eigenvalue weighted by molar-refractivity contribution is 5.97. The van der Waals surface area contributed by atoms with Crippen LogP contribution in [0.4, 0.5) is 0 Å². The van der Waals surface area contributed by atoms with E-state index in [9.17, 15) is 4.79 Å². The van der Waals surface area contributed by atoms with Gasteiger partial charge < -0.3 is 14.3 Å². The van der Waals surface area contributed by atoms with Crippen LogP contribution < -0.4 is 4.74 Å². The molecule has 0 spiro atoms. The largest absolute Gasteiger partial charge is 0.488 e. The molecule has 1 N–H and O–H groups in total. The Morgan fingerprint density at radius 1 is 1.41 bits per heavy atom. The van der Waals surface area contributed by atoms with Crippen molar-refractivity contribution in [2.45, 2.75) is 12.8 Å². The lowest BCUT2D eigenvalue weighted by molar-refractivity contribution is 0.0658. The topological polar surface area (TPSA) is 59.7 Å². The van der Waals surface area contributed by atoms with Crippen LogP contribution in [0.3, 0.4) is 0 Å². The maximum absolute atomic E-state index is 11.1. The number of aromatic carboxylic acids is 1. The molecule has 0 atom stereocenters. The van der Waals surface area contributed by atoms with Crippen LogP contribution in [0, 0.1) is 5.92 Å². The van der Waals surface area contributed by atoms with Crippen molar-refractivity contribution in [2.24, 2.45) is 5.92 Å². The third kappa shape index (κ3) is 1.86. The van der Waals surface area contributed by atoms with E-state index in [4.69, 9.17) is 14.3 Å². The molecule has 0 aliphatic heterocycles. The number of ether oxygens (including phenoxy) is 1. The van der Waals surface area contributed by atoms with Crippen molar-refractivity contribution in [3.8, 4) is 5.75 Å². The number of hydrogen-bond acceptors (Lipinski definition) is 3. The first-order chi connectivity index (χ1) is 8.25. The van der Waals surface area contributed by atoms with Crippen LogP contribution in [-0.2, 0) is 0 Å². The second-order valence-electron chi connectivity index (χ2n) is 4.32. The van der Waals surface area contributed by atoms with Gasteiger partial charge in [0.15, 0.2) is 5.75 Å². The van der Waals surface area contributed by atoms with Gasteiger partial charge in [-0.05, 0) is 30.9 Å². The smallest absolute Gasteiger partial charge is 0.375 e. The minimum Gasteiger partial charge on any atom is -0.488 e. The fraction of sp³-hybridized carbons (Fsp3) is 0.308. The fourth-order valence-corrected chi connectivity index (χ4v) is 1.79. The molecule has 1 aliphatic carbocycles. The second kappa shape index (κ2) is 3.80. The fourth-order valence-electron chi connectivity index (χ4n) is 1.79. The average molecular weight is 232 g/mol. The Balaban J connectivity index is 2.03. The molecule has 88 valence electrons. The number of para-hydroxylation sites is 1. The number of carboxylic acids is 1. The molecule has 0 unspecified atom stereocenters. The van der Waals surface area contributed by atoms with Crippen molar-refractivity contribution >= 4 is 16.9 Å². The van der Waals surface area contributed by atoms with Crippen molar-refractivity contribution in [2.75, 3.05) is 6.61 Å². The number of hydrogen-bond donors (Lipinski definition) is 1. The summed E-state index contributed by atoms with van der Waals surface area (Å²) in [6.45, 7) is 0.573.